The van der Waals surface area contributed by atoms with Gasteiger partial charge >= 0.3 is 0 Å². The monoisotopic (exact) mass is 333 g/mol. The summed E-state index contributed by atoms with van der Waals surface area (Å²) in [5.74, 6) is 0.480. The second-order valence-corrected chi connectivity index (χ2v) is 7.15. The first-order valence-electron chi connectivity index (χ1n) is 9.19. The zero-order valence-corrected chi connectivity index (χ0v) is 14.9. The summed E-state index contributed by atoms with van der Waals surface area (Å²) in [6.07, 6.45) is 5.67. The molecule has 25 heavy (non-hydrogen) atoms. The Kier molecular flexibility index (Phi) is 4.20. The SMILES string of the molecule is CCC1CCc2c1cn(Cc1cccc(C)c1)c2-c1ccccc1F. The molecular formula is C23H24FN. The molecule has 1 nitrogen and oxygen atoms in total. The Labute approximate surface area is 149 Å². The smallest absolute Gasteiger partial charge is 0.132 e. The highest BCUT2D eigenvalue weighted by Gasteiger charge is 2.28. The fourth-order valence-electron chi connectivity index (χ4n) is 4.24. The van der Waals surface area contributed by atoms with Gasteiger partial charge in [0.2, 0.25) is 0 Å². The summed E-state index contributed by atoms with van der Waals surface area (Å²) in [5, 5.41) is 0. The largest absolute Gasteiger partial charge is 0.342 e. The minimum atomic E-state index is -0.131. The Bertz CT molecular complexity index is 906. The summed E-state index contributed by atoms with van der Waals surface area (Å²) in [4.78, 5) is 0. The lowest BCUT2D eigenvalue weighted by atomic mass is 10.0. The van der Waals surface area contributed by atoms with Crippen LogP contribution in [-0.4, -0.2) is 4.57 Å². The van der Waals surface area contributed by atoms with Crippen molar-refractivity contribution in [2.24, 2.45) is 0 Å². The first-order chi connectivity index (χ1) is 12.2. The number of aromatic nitrogens is 1. The average Bonchev–Trinajstić information content (AvgIpc) is 3.14. The molecule has 128 valence electrons. The van der Waals surface area contributed by atoms with Crippen molar-refractivity contribution >= 4 is 0 Å². The van der Waals surface area contributed by atoms with Crippen molar-refractivity contribution in [2.45, 2.75) is 45.6 Å². The Morgan fingerprint density at radius 2 is 1.96 bits per heavy atom. The van der Waals surface area contributed by atoms with Gasteiger partial charge in [-0.3, -0.25) is 0 Å². The van der Waals surface area contributed by atoms with E-state index in [1.807, 2.05) is 12.1 Å². The highest BCUT2D eigenvalue weighted by atomic mass is 19.1. The highest BCUT2D eigenvalue weighted by Crippen LogP contribution is 2.42. The molecule has 1 atom stereocenters. The molecule has 0 spiro atoms. The summed E-state index contributed by atoms with van der Waals surface area (Å²) >= 11 is 0. The Morgan fingerprint density at radius 1 is 1.12 bits per heavy atom. The number of hydrogen-bond donors (Lipinski definition) is 0. The van der Waals surface area contributed by atoms with Crippen LogP contribution in [0.15, 0.2) is 54.7 Å². The molecule has 1 aliphatic rings. The van der Waals surface area contributed by atoms with E-state index in [4.69, 9.17) is 0 Å². The lowest BCUT2D eigenvalue weighted by Gasteiger charge is -2.13. The van der Waals surface area contributed by atoms with Crippen molar-refractivity contribution in [2.75, 3.05) is 0 Å². The minimum absolute atomic E-state index is 0.131. The van der Waals surface area contributed by atoms with Gasteiger partial charge in [0.05, 0.1) is 5.69 Å². The summed E-state index contributed by atoms with van der Waals surface area (Å²) < 4.78 is 16.8. The van der Waals surface area contributed by atoms with E-state index >= 15 is 0 Å². The number of fused-ring (bicyclic) bond motifs is 1. The second-order valence-electron chi connectivity index (χ2n) is 7.15. The van der Waals surface area contributed by atoms with Gasteiger partial charge in [0.15, 0.2) is 0 Å². The molecule has 0 bridgehead atoms. The van der Waals surface area contributed by atoms with Crippen molar-refractivity contribution in [1.82, 2.24) is 4.57 Å². The third-order valence-corrected chi connectivity index (χ3v) is 5.46. The summed E-state index contributed by atoms with van der Waals surface area (Å²) in [6, 6.07) is 15.8. The van der Waals surface area contributed by atoms with Gasteiger partial charge in [-0.15, -0.1) is 0 Å². The number of aryl methyl sites for hydroxylation is 1. The molecule has 4 rings (SSSR count). The summed E-state index contributed by atoms with van der Waals surface area (Å²) in [6.45, 7) is 5.15. The molecular weight excluding hydrogens is 309 g/mol. The highest BCUT2D eigenvalue weighted by molar-refractivity contribution is 5.68. The van der Waals surface area contributed by atoms with E-state index in [9.17, 15) is 4.39 Å². The van der Waals surface area contributed by atoms with Crippen LogP contribution in [0.25, 0.3) is 11.3 Å². The first kappa shape index (κ1) is 16.1. The van der Waals surface area contributed by atoms with Crippen LogP contribution in [0.2, 0.25) is 0 Å². The van der Waals surface area contributed by atoms with Crippen molar-refractivity contribution in [3.8, 4) is 11.3 Å². The van der Waals surface area contributed by atoms with Crippen LogP contribution in [0.3, 0.4) is 0 Å². The van der Waals surface area contributed by atoms with E-state index in [0.717, 1.165) is 30.6 Å². The van der Waals surface area contributed by atoms with Gasteiger partial charge in [0.25, 0.3) is 0 Å². The van der Waals surface area contributed by atoms with E-state index in [0.29, 0.717) is 5.92 Å². The van der Waals surface area contributed by atoms with E-state index in [1.165, 1.54) is 28.7 Å². The average molecular weight is 333 g/mol. The fraction of sp³-hybridized carbons (Fsp3) is 0.304. The number of halogens is 1. The summed E-state index contributed by atoms with van der Waals surface area (Å²) in [7, 11) is 0. The lowest BCUT2D eigenvalue weighted by molar-refractivity contribution is 0.626. The molecule has 0 amide bonds. The van der Waals surface area contributed by atoms with Crippen LogP contribution in [0.1, 0.15) is 47.9 Å². The van der Waals surface area contributed by atoms with Gasteiger partial charge in [0.1, 0.15) is 5.82 Å². The molecule has 0 saturated heterocycles. The Morgan fingerprint density at radius 3 is 2.72 bits per heavy atom. The summed E-state index contributed by atoms with van der Waals surface area (Å²) in [5.41, 5.74) is 7.10. The predicted molar refractivity (Wildman–Crippen MR) is 101 cm³/mol. The molecule has 1 aromatic heterocycles. The number of hydrogen-bond acceptors (Lipinski definition) is 0. The van der Waals surface area contributed by atoms with Crippen LogP contribution < -0.4 is 0 Å². The molecule has 0 aliphatic heterocycles. The topological polar surface area (TPSA) is 4.93 Å². The van der Waals surface area contributed by atoms with E-state index in [-0.39, 0.29) is 5.82 Å². The standard InChI is InChI=1S/C23H24FN/c1-3-18-11-12-19-21(18)15-25(14-17-8-6-7-16(2)13-17)23(19)20-9-4-5-10-22(20)24/h4-10,13,15,18H,3,11-12,14H2,1-2H3. The zero-order chi connectivity index (χ0) is 17.4. The van der Waals surface area contributed by atoms with E-state index in [2.05, 4.69) is 48.9 Å². The maximum Gasteiger partial charge on any atom is 0.132 e. The molecule has 2 heteroatoms. The van der Waals surface area contributed by atoms with Gasteiger partial charge in [-0.05, 0) is 60.9 Å². The van der Waals surface area contributed by atoms with E-state index in [1.54, 1.807) is 12.1 Å². The lowest BCUT2D eigenvalue weighted by Crippen LogP contribution is -2.03. The van der Waals surface area contributed by atoms with Crippen LogP contribution in [0, 0.1) is 12.7 Å². The van der Waals surface area contributed by atoms with Gasteiger partial charge in [-0.2, -0.15) is 0 Å². The molecule has 1 aliphatic carbocycles. The normalized spacial score (nSPS) is 16.2. The quantitative estimate of drug-likeness (QED) is 0.544. The van der Waals surface area contributed by atoms with Crippen molar-refractivity contribution in [3.05, 3.63) is 82.8 Å². The van der Waals surface area contributed by atoms with Crippen molar-refractivity contribution in [1.29, 1.82) is 0 Å². The third-order valence-electron chi connectivity index (χ3n) is 5.46. The fourth-order valence-corrected chi connectivity index (χ4v) is 4.24. The maximum absolute atomic E-state index is 14.6. The van der Waals surface area contributed by atoms with E-state index < -0.39 is 0 Å². The number of nitrogens with zero attached hydrogens (tertiary/aromatic N) is 1. The molecule has 1 unspecified atom stereocenters. The van der Waals surface area contributed by atoms with Crippen molar-refractivity contribution < 1.29 is 4.39 Å². The van der Waals surface area contributed by atoms with Gasteiger partial charge in [-0.1, -0.05) is 48.9 Å². The van der Waals surface area contributed by atoms with Crippen LogP contribution >= 0.6 is 0 Å². The first-order valence-corrected chi connectivity index (χ1v) is 9.19. The molecule has 2 aromatic carbocycles. The molecule has 0 fully saturated rings. The minimum Gasteiger partial charge on any atom is -0.342 e. The van der Waals surface area contributed by atoms with Gasteiger partial charge in [-0.25, -0.2) is 4.39 Å². The van der Waals surface area contributed by atoms with Crippen LogP contribution in [0.5, 0.6) is 0 Å². The third kappa shape index (κ3) is 2.90. The van der Waals surface area contributed by atoms with Crippen LogP contribution in [0.4, 0.5) is 4.39 Å². The van der Waals surface area contributed by atoms with Gasteiger partial charge in [0, 0.05) is 18.3 Å². The molecule has 0 N–H and O–H groups in total. The zero-order valence-electron chi connectivity index (χ0n) is 14.9. The molecule has 0 saturated carbocycles. The van der Waals surface area contributed by atoms with Gasteiger partial charge < -0.3 is 4.57 Å². The maximum atomic E-state index is 14.6. The van der Waals surface area contributed by atoms with Crippen molar-refractivity contribution in [3.63, 3.8) is 0 Å². The molecule has 1 heterocycles. The second kappa shape index (κ2) is 6.51. The number of rotatable bonds is 4. The Balaban J connectivity index is 1.85. The molecule has 3 aromatic rings. The number of benzene rings is 2. The molecule has 0 radical (unpaired) electrons. The predicted octanol–water partition coefficient (Wildman–Crippen LogP) is 6.09. The van der Waals surface area contributed by atoms with Crippen LogP contribution in [-0.2, 0) is 13.0 Å². The Hall–Kier alpha value is -2.35.